The van der Waals surface area contributed by atoms with Crippen molar-refractivity contribution in [2.45, 2.75) is 37.9 Å². The molecule has 0 saturated carbocycles. The van der Waals surface area contributed by atoms with Crippen molar-refractivity contribution >= 4 is 9.84 Å². The lowest BCUT2D eigenvalue weighted by molar-refractivity contribution is -0.141. The molecular weight excluding hydrogens is 441 g/mol. The molecular formula is C23H25F3N2O3S. The lowest BCUT2D eigenvalue weighted by Crippen LogP contribution is -2.09. The Morgan fingerprint density at radius 2 is 1.72 bits per heavy atom. The minimum Gasteiger partial charge on any atom is -0.380 e. The average Bonchev–Trinajstić information content (AvgIpc) is 3.13. The number of sulfone groups is 1. The van der Waals surface area contributed by atoms with Crippen molar-refractivity contribution in [1.82, 2.24) is 9.78 Å². The summed E-state index contributed by atoms with van der Waals surface area (Å²) in [5, 5.41) is 3.79. The van der Waals surface area contributed by atoms with Gasteiger partial charge >= 0.3 is 6.18 Å². The molecule has 2 aromatic carbocycles. The molecule has 0 saturated heterocycles. The van der Waals surface area contributed by atoms with Gasteiger partial charge < -0.3 is 4.74 Å². The van der Waals surface area contributed by atoms with Crippen LogP contribution in [0.5, 0.6) is 0 Å². The van der Waals surface area contributed by atoms with Gasteiger partial charge in [-0.2, -0.15) is 18.3 Å². The van der Waals surface area contributed by atoms with E-state index in [2.05, 4.69) is 18.9 Å². The third kappa shape index (κ3) is 5.39. The van der Waals surface area contributed by atoms with Gasteiger partial charge in [0, 0.05) is 18.9 Å². The summed E-state index contributed by atoms with van der Waals surface area (Å²) in [4.78, 5) is 0.0610. The molecule has 3 rings (SSSR count). The highest BCUT2D eigenvalue weighted by Crippen LogP contribution is 2.34. The number of ether oxygens (including phenoxy) is 1. The van der Waals surface area contributed by atoms with Crippen molar-refractivity contribution in [3.05, 3.63) is 65.4 Å². The highest BCUT2D eigenvalue weighted by atomic mass is 32.2. The van der Waals surface area contributed by atoms with Gasteiger partial charge in [-0.3, -0.25) is 0 Å². The summed E-state index contributed by atoms with van der Waals surface area (Å²) in [5.41, 5.74) is 1.53. The predicted molar refractivity (Wildman–Crippen MR) is 116 cm³/mol. The van der Waals surface area contributed by atoms with Gasteiger partial charge in [-0.05, 0) is 47.7 Å². The van der Waals surface area contributed by atoms with Crippen LogP contribution in [0.4, 0.5) is 13.2 Å². The highest BCUT2D eigenvalue weighted by molar-refractivity contribution is 7.90. The lowest BCUT2D eigenvalue weighted by Gasteiger charge is -2.13. The van der Waals surface area contributed by atoms with Crippen molar-refractivity contribution in [3.8, 4) is 16.9 Å². The first-order chi connectivity index (χ1) is 14.9. The Morgan fingerprint density at radius 3 is 2.25 bits per heavy atom. The van der Waals surface area contributed by atoms with Gasteiger partial charge in [0.15, 0.2) is 15.5 Å². The van der Waals surface area contributed by atoms with E-state index in [4.69, 9.17) is 4.74 Å². The third-order valence-corrected chi connectivity index (χ3v) is 6.08. The van der Waals surface area contributed by atoms with Crippen LogP contribution in [0, 0.1) is 5.92 Å². The first-order valence-corrected chi connectivity index (χ1v) is 11.9. The van der Waals surface area contributed by atoms with Crippen LogP contribution in [0.1, 0.15) is 30.7 Å². The van der Waals surface area contributed by atoms with Crippen molar-refractivity contribution in [1.29, 1.82) is 0 Å². The van der Waals surface area contributed by atoms with E-state index in [1.165, 1.54) is 30.0 Å². The normalized spacial score (nSPS) is 12.5. The van der Waals surface area contributed by atoms with E-state index < -0.39 is 21.7 Å². The topological polar surface area (TPSA) is 61.2 Å². The van der Waals surface area contributed by atoms with Gasteiger partial charge in [0.25, 0.3) is 0 Å². The number of benzene rings is 2. The fraction of sp³-hybridized carbons (Fsp3) is 0.348. The molecule has 32 heavy (non-hydrogen) atoms. The molecule has 9 heteroatoms. The zero-order valence-corrected chi connectivity index (χ0v) is 19.1. The first kappa shape index (κ1) is 24.0. The second kappa shape index (κ2) is 9.07. The monoisotopic (exact) mass is 466 g/mol. The molecule has 1 heterocycles. The zero-order chi connectivity index (χ0) is 23.7. The highest BCUT2D eigenvalue weighted by Gasteiger charge is 2.35. The van der Waals surface area contributed by atoms with Crippen LogP contribution in [-0.4, -0.2) is 31.6 Å². The molecule has 0 bridgehead atoms. The van der Waals surface area contributed by atoms with E-state index in [0.717, 1.165) is 24.3 Å². The van der Waals surface area contributed by atoms with Crippen LogP contribution >= 0.6 is 0 Å². The molecule has 0 fully saturated rings. The number of hydrogen-bond acceptors (Lipinski definition) is 4. The van der Waals surface area contributed by atoms with E-state index >= 15 is 0 Å². The Hall–Kier alpha value is -2.65. The Balaban J connectivity index is 2.16. The van der Waals surface area contributed by atoms with Gasteiger partial charge in [-0.15, -0.1) is 0 Å². The van der Waals surface area contributed by atoms with E-state index in [9.17, 15) is 21.6 Å². The van der Waals surface area contributed by atoms with Crippen LogP contribution in [0.2, 0.25) is 0 Å². The molecule has 0 amide bonds. The molecule has 0 aliphatic heterocycles. The molecule has 5 nitrogen and oxygen atoms in total. The molecule has 0 N–H and O–H groups in total. The van der Waals surface area contributed by atoms with E-state index in [1.807, 2.05) is 12.1 Å². The van der Waals surface area contributed by atoms with Crippen molar-refractivity contribution in [2.24, 2.45) is 5.92 Å². The number of nitrogens with zero attached hydrogens (tertiary/aromatic N) is 2. The van der Waals surface area contributed by atoms with Crippen molar-refractivity contribution in [2.75, 3.05) is 13.4 Å². The quantitative estimate of drug-likeness (QED) is 0.474. The van der Waals surface area contributed by atoms with Crippen LogP contribution in [0.15, 0.2) is 53.4 Å². The minimum absolute atomic E-state index is 0.0110. The Bertz CT molecular complexity index is 1200. The second-order valence-electron chi connectivity index (χ2n) is 8.12. The van der Waals surface area contributed by atoms with Gasteiger partial charge in [-0.25, -0.2) is 13.1 Å². The summed E-state index contributed by atoms with van der Waals surface area (Å²) in [6, 6.07) is 12.6. The largest absolute Gasteiger partial charge is 0.435 e. The molecule has 0 radical (unpaired) electrons. The molecule has 3 aromatic rings. The number of rotatable bonds is 7. The van der Waals surface area contributed by atoms with E-state index in [-0.39, 0.29) is 17.2 Å². The molecule has 0 aliphatic rings. The number of aromatic nitrogens is 2. The minimum atomic E-state index is -4.63. The maximum atomic E-state index is 13.5. The van der Waals surface area contributed by atoms with E-state index in [1.54, 1.807) is 12.1 Å². The fourth-order valence-corrected chi connectivity index (χ4v) is 4.44. The lowest BCUT2D eigenvalue weighted by atomic mass is 10.0. The summed E-state index contributed by atoms with van der Waals surface area (Å²) in [5.74, 6) is 0.454. The zero-order valence-electron chi connectivity index (χ0n) is 18.3. The van der Waals surface area contributed by atoms with Crippen LogP contribution in [-0.2, 0) is 33.8 Å². The molecule has 0 aliphatic carbocycles. The number of halogens is 3. The van der Waals surface area contributed by atoms with Gasteiger partial charge in [-0.1, -0.05) is 38.1 Å². The van der Waals surface area contributed by atoms with Crippen molar-refractivity contribution in [3.63, 3.8) is 0 Å². The number of hydrogen-bond donors (Lipinski definition) is 0. The molecule has 0 atom stereocenters. The average molecular weight is 467 g/mol. The molecule has 1 aromatic heterocycles. The smallest absolute Gasteiger partial charge is 0.380 e. The maximum Gasteiger partial charge on any atom is 0.435 e. The summed E-state index contributed by atoms with van der Waals surface area (Å²) >= 11 is 0. The SMILES string of the molecule is COCc1cc(-n2nc(C(F)(F)F)cc2-c2ccc(CC(C)C)cc2)ccc1S(C)(=O)=O. The second-order valence-corrected chi connectivity index (χ2v) is 10.1. The van der Waals surface area contributed by atoms with Crippen LogP contribution < -0.4 is 0 Å². The van der Waals surface area contributed by atoms with E-state index in [0.29, 0.717) is 22.7 Å². The Labute approximate surface area is 185 Å². The third-order valence-electron chi connectivity index (χ3n) is 4.88. The first-order valence-electron chi connectivity index (χ1n) is 9.99. The number of alkyl halides is 3. The fourth-order valence-electron chi connectivity index (χ4n) is 3.53. The summed E-state index contributed by atoms with van der Waals surface area (Å²) in [7, 11) is -2.12. The van der Waals surface area contributed by atoms with Gasteiger partial charge in [0.05, 0.1) is 22.9 Å². The molecule has 0 spiro atoms. The van der Waals surface area contributed by atoms with Gasteiger partial charge in [0.2, 0.25) is 0 Å². The van der Waals surface area contributed by atoms with Gasteiger partial charge in [0.1, 0.15) is 0 Å². The Kier molecular flexibility index (Phi) is 6.80. The molecule has 0 unspecified atom stereocenters. The van der Waals surface area contributed by atoms with Crippen molar-refractivity contribution < 1.29 is 26.3 Å². The maximum absolute atomic E-state index is 13.5. The number of methoxy groups -OCH3 is 1. The summed E-state index contributed by atoms with van der Waals surface area (Å²) in [6.45, 7) is 4.18. The van der Waals surface area contributed by atoms with Crippen LogP contribution in [0.25, 0.3) is 16.9 Å². The van der Waals surface area contributed by atoms with Crippen LogP contribution in [0.3, 0.4) is 0 Å². The molecule has 172 valence electrons. The Morgan fingerprint density at radius 1 is 1.06 bits per heavy atom. The summed E-state index contributed by atoms with van der Waals surface area (Å²) < 4.78 is 70.8. The standard InChI is InChI=1S/C23H25F3N2O3S/c1-15(2)11-16-5-7-17(8-6-16)20-13-22(23(24,25)26)27-28(20)19-9-10-21(32(4,29)30)18(12-19)14-31-3/h5-10,12-13,15H,11,14H2,1-4H3. The predicted octanol–water partition coefficient (Wildman–Crippen LogP) is 5.31. The summed E-state index contributed by atoms with van der Waals surface area (Å²) in [6.07, 6.45) is -2.69.